The third-order valence-electron chi connectivity index (χ3n) is 3.74. The quantitative estimate of drug-likeness (QED) is 0.869. The monoisotopic (exact) mass is 290 g/mol. The van der Waals surface area contributed by atoms with Crippen LogP contribution in [0.3, 0.4) is 0 Å². The zero-order chi connectivity index (χ0) is 15.2. The predicted octanol–water partition coefficient (Wildman–Crippen LogP) is 1.83. The molecule has 1 fully saturated rings. The summed E-state index contributed by atoms with van der Waals surface area (Å²) >= 11 is 0. The van der Waals surface area contributed by atoms with Crippen LogP contribution in [0.25, 0.3) is 0 Å². The lowest BCUT2D eigenvalue weighted by Crippen LogP contribution is -2.44. The van der Waals surface area contributed by atoms with Crippen molar-refractivity contribution in [1.82, 2.24) is 4.90 Å². The van der Waals surface area contributed by atoms with E-state index in [2.05, 4.69) is 13.8 Å². The van der Waals surface area contributed by atoms with Gasteiger partial charge < -0.3 is 15.4 Å². The van der Waals surface area contributed by atoms with E-state index < -0.39 is 6.04 Å². The largest absolute Gasteiger partial charge is 0.376 e. The van der Waals surface area contributed by atoms with Gasteiger partial charge in [0, 0.05) is 19.7 Å². The number of carbonyl (C=O) groups is 1. The Bertz CT molecular complexity index is 447. The smallest absolute Gasteiger partial charge is 0.239 e. The normalized spacial score (nSPS) is 20.0. The molecule has 21 heavy (non-hydrogen) atoms. The van der Waals surface area contributed by atoms with E-state index >= 15 is 0 Å². The molecule has 0 aliphatic carbocycles. The summed E-state index contributed by atoms with van der Waals surface area (Å²) in [5.74, 6) is 0.560. The van der Waals surface area contributed by atoms with Crippen LogP contribution in [-0.2, 0) is 16.0 Å². The Balaban J connectivity index is 1.81. The molecule has 1 aromatic rings. The average Bonchev–Trinajstić information content (AvgIpc) is 2.94. The number of carbonyl (C=O) groups excluding carboxylic acids is 1. The maximum atomic E-state index is 12.4. The standard InChI is InChI=1S/C17H26N2O2/c1-13(2)12-21-15-8-9-19(11-15)17(20)16(18)10-14-6-4-3-5-7-14/h3-7,13,15-16H,8-12,18H2,1-2H3. The fourth-order valence-corrected chi connectivity index (χ4v) is 2.58. The summed E-state index contributed by atoms with van der Waals surface area (Å²) in [4.78, 5) is 14.2. The van der Waals surface area contributed by atoms with Gasteiger partial charge in [0.05, 0.1) is 12.1 Å². The second kappa shape index (κ2) is 7.57. The molecule has 2 atom stereocenters. The molecule has 1 aliphatic heterocycles. The van der Waals surface area contributed by atoms with Crippen molar-refractivity contribution in [3.63, 3.8) is 0 Å². The number of likely N-dealkylation sites (tertiary alicyclic amines) is 1. The molecular formula is C17H26N2O2. The summed E-state index contributed by atoms with van der Waals surface area (Å²) in [5, 5.41) is 0. The number of ether oxygens (including phenoxy) is 1. The van der Waals surface area contributed by atoms with Crippen LogP contribution in [0.4, 0.5) is 0 Å². The van der Waals surface area contributed by atoms with Crippen LogP contribution in [0.2, 0.25) is 0 Å². The summed E-state index contributed by atoms with van der Waals surface area (Å²) in [6, 6.07) is 9.46. The minimum atomic E-state index is -0.462. The molecule has 2 N–H and O–H groups in total. The minimum absolute atomic E-state index is 0.0366. The summed E-state index contributed by atoms with van der Waals surface area (Å²) in [6.45, 7) is 6.45. The second-order valence-corrected chi connectivity index (χ2v) is 6.22. The van der Waals surface area contributed by atoms with Gasteiger partial charge in [0.1, 0.15) is 0 Å². The fraction of sp³-hybridized carbons (Fsp3) is 0.588. The molecular weight excluding hydrogens is 264 g/mol. The van der Waals surface area contributed by atoms with Gasteiger partial charge in [-0.15, -0.1) is 0 Å². The Morgan fingerprint density at radius 1 is 1.38 bits per heavy atom. The third-order valence-corrected chi connectivity index (χ3v) is 3.74. The number of hydrogen-bond donors (Lipinski definition) is 1. The lowest BCUT2D eigenvalue weighted by molar-refractivity contribution is -0.132. The number of amides is 1. The Morgan fingerprint density at radius 3 is 2.76 bits per heavy atom. The molecule has 0 bridgehead atoms. The highest BCUT2D eigenvalue weighted by Crippen LogP contribution is 2.15. The fourth-order valence-electron chi connectivity index (χ4n) is 2.58. The first-order valence-electron chi connectivity index (χ1n) is 7.76. The van der Waals surface area contributed by atoms with E-state index in [0.717, 1.165) is 25.1 Å². The molecule has 4 nitrogen and oxygen atoms in total. The van der Waals surface area contributed by atoms with Crippen molar-refractivity contribution in [3.8, 4) is 0 Å². The van der Waals surface area contributed by atoms with Crippen molar-refractivity contribution in [2.24, 2.45) is 11.7 Å². The zero-order valence-corrected chi connectivity index (χ0v) is 13.0. The highest BCUT2D eigenvalue weighted by atomic mass is 16.5. The Morgan fingerprint density at radius 2 is 2.10 bits per heavy atom. The van der Waals surface area contributed by atoms with Gasteiger partial charge in [0.15, 0.2) is 0 Å². The van der Waals surface area contributed by atoms with E-state index in [0.29, 0.717) is 18.9 Å². The van der Waals surface area contributed by atoms with E-state index in [1.807, 2.05) is 35.2 Å². The van der Waals surface area contributed by atoms with E-state index in [1.165, 1.54) is 0 Å². The number of rotatable bonds is 6. The number of benzene rings is 1. The van der Waals surface area contributed by atoms with E-state index in [-0.39, 0.29) is 12.0 Å². The Labute approximate surface area is 127 Å². The number of nitrogens with zero attached hydrogens (tertiary/aromatic N) is 1. The summed E-state index contributed by atoms with van der Waals surface area (Å²) in [5.41, 5.74) is 7.17. The van der Waals surface area contributed by atoms with Gasteiger partial charge in [0.25, 0.3) is 0 Å². The summed E-state index contributed by atoms with van der Waals surface area (Å²) < 4.78 is 5.81. The van der Waals surface area contributed by atoms with E-state index in [1.54, 1.807) is 0 Å². The first kappa shape index (κ1) is 16.0. The van der Waals surface area contributed by atoms with Gasteiger partial charge in [-0.05, 0) is 24.3 Å². The zero-order valence-electron chi connectivity index (χ0n) is 13.0. The average molecular weight is 290 g/mol. The number of nitrogens with two attached hydrogens (primary N) is 1. The lowest BCUT2D eigenvalue weighted by Gasteiger charge is -2.21. The molecule has 4 heteroatoms. The molecule has 1 heterocycles. The van der Waals surface area contributed by atoms with Gasteiger partial charge >= 0.3 is 0 Å². The van der Waals surface area contributed by atoms with Crippen molar-refractivity contribution in [3.05, 3.63) is 35.9 Å². The van der Waals surface area contributed by atoms with Crippen molar-refractivity contribution < 1.29 is 9.53 Å². The first-order valence-corrected chi connectivity index (χ1v) is 7.76. The van der Waals surface area contributed by atoms with Gasteiger partial charge in [0.2, 0.25) is 5.91 Å². The van der Waals surface area contributed by atoms with Crippen LogP contribution in [0, 0.1) is 5.92 Å². The molecule has 2 unspecified atom stereocenters. The van der Waals surface area contributed by atoms with Gasteiger partial charge in [-0.25, -0.2) is 0 Å². The lowest BCUT2D eigenvalue weighted by atomic mass is 10.1. The van der Waals surface area contributed by atoms with Crippen molar-refractivity contribution in [2.45, 2.75) is 38.8 Å². The van der Waals surface area contributed by atoms with Crippen LogP contribution >= 0.6 is 0 Å². The molecule has 2 rings (SSSR count). The molecule has 1 aliphatic rings. The van der Waals surface area contributed by atoms with E-state index in [4.69, 9.17) is 10.5 Å². The molecule has 1 saturated heterocycles. The predicted molar refractivity (Wildman–Crippen MR) is 83.9 cm³/mol. The maximum Gasteiger partial charge on any atom is 0.239 e. The van der Waals surface area contributed by atoms with Crippen LogP contribution in [0.15, 0.2) is 30.3 Å². The van der Waals surface area contributed by atoms with Crippen LogP contribution in [0.5, 0.6) is 0 Å². The van der Waals surface area contributed by atoms with Gasteiger partial charge in [-0.2, -0.15) is 0 Å². The summed E-state index contributed by atoms with van der Waals surface area (Å²) in [6.07, 6.45) is 1.67. The highest BCUT2D eigenvalue weighted by Gasteiger charge is 2.29. The SMILES string of the molecule is CC(C)COC1CCN(C(=O)C(N)Cc2ccccc2)C1. The Kier molecular flexibility index (Phi) is 5.76. The molecule has 1 amide bonds. The summed E-state index contributed by atoms with van der Waals surface area (Å²) in [7, 11) is 0. The molecule has 0 saturated carbocycles. The molecule has 0 radical (unpaired) electrons. The van der Waals surface area contributed by atoms with Crippen molar-refractivity contribution in [2.75, 3.05) is 19.7 Å². The first-order chi connectivity index (χ1) is 10.1. The second-order valence-electron chi connectivity index (χ2n) is 6.22. The van der Waals surface area contributed by atoms with Crippen LogP contribution in [0.1, 0.15) is 25.8 Å². The van der Waals surface area contributed by atoms with Crippen molar-refractivity contribution in [1.29, 1.82) is 0 Å². The molecule has 1 aromatic carbocycles. The topological polar surface area (TPSA) is 55.6 Å². The van der Waals surface area contributed by atoms with Gasteiger partial charge in [-0.3, -0.25) is 4.79 Å². The van der Waals surface area contributed by atoms with Crippen molar-refractivity contribution >= 4 is 5.91 Å². The van der Waals surface area contributed by atoms with Crippen LogP contribution in [-0.4, -0.2) is 42.6 Å². The van der Waals surface area contributed by atoms with E-state index in [9.17, 15) is 4.79 Å². The maximum absolute atomic E-state index is 12.4. The van der Waals surface area contributed by atoms with Crippen LogP contribution < -0.4 is 5.73 Å². The van der Waals surface area contributed by atoms with Gasteiger partial charge in [-0.1, -0.05) is 44.2 Å². The molecule has 0 aromatic heterocycles. The molecule has 116 valence electrons. The number of hydrogen-bond acceptors (Lipinski definition) is 3. The minimum Gasteiger partial charge on any atom is -0.376 e. The Hall–Kier alpha value is -1.39. The molecule has 0 spiro atoms. The third kappa shape index (κ3) is 4.83. The highest BCUT2D eigenvalue weighted by molar-refractivity contribution is 5.82.